The maximum atomic E-state index is 13.0. The van der Waals surface area contributed by atoms with Crippen molar-refractivity contribution in [3.8, 4) is 0 Å². The molecule has 1 amide bonds. The van der Waals surface area contributed by atoms with Crippen molar-refractivity contribution in [2.24, 2.45) is 11.8 Å². The molecule has 1 aliphatic rings. The van der Waals surface area contributed by atoms with E-state index in [1.807, 2.05) is 6.92 Å². The van der Waals surface area contributed by atoms with Gasteiger partial charge in [0.2, 0.25) is 5.91 Å². The first-order valence-electron chi connectivity index (χ1n) is 6.03. The minimum Gasteiger partial charge on any atom is -0.478 e. The molecule has 1 heterocycles. The van der Waals surface area contributed by atoms with Crippen molar-refractivity contribution < 1.29 is 19.1 Å². The molecule has 5 nitrogen and oxygen atoms in total. The fraction of sp³-hybridized carbons (Fsp3) is 0.385. The Morgan fingerprint density at radius 1 is 1.42 bits per heavy atom. The van der Waals surface area contributed by atoms with E-state index in [0.29, 0.717) is 6.54 Å². The molecular weight excluding hydrogens is 251 g/mol. The molecule has 1 aliphatic heterocycles. The van der Waals surface area contributed by atoms with Gasteiger partial charge < -0.3 is 15.7 Å². The molecule has 3 N–H and O–H groups in total. The number of anilines is 1. The molecule has 102 valence electrons. The predicted octanol–water partition coefficient (Wildman–Crippen LogP) is 1.32. The Bertz CT molecular complexity index is 519. The Kier molecular flexibility index (Phi) is 3.80. The topological polar surface area (TPSA) is 78.4 Å². The summed E-state index contributed by atoms with van der Waals surface area (Å²) in [7, 11) is 0. The minimum atomic E-state index is -1.27. The van der Waals surface area contributed by atoms with E-state index in [1.165, 1.54) is 6.07 Å². The first-order valence-corrected chi connectivity index (χ1v) is 6.03. The highest BCUT2D eigenvalue weighted by Gasteiger charge is 2.30. The molecule has 0 bridgehead atoms. The second-order valence-corrected chi connectivity index (χ2v) is 4.73. The van der Waals surface area contributed by atoms with Gasteiger partial charge in [0.15, 0.2) is 0 Å². The smallest absolute Gasteiger partial charge is 0.337 e. The van der Waals surface area contributed by atoms with Gasteiger partial charge in [-0.3, -0.25) is 4.79 Å². The van der Waals surface area contributed by atoms with Crippen LogP contribution in [-0.2, 0) is 4.79 Å². The summed E-state index contributed by atoms with van der Waals surface area (Å²) < 4.78 is 13.0. The lowest BCUT2D eigenvalue weighted by atomic mass is 9.97. The van der Waals surface area contributed by atoms with Gasteiger partial charge in [0.25, 0.3) is 0 Å². The molecule has 0 saturated carbocycles. The fourth-order valence-corrected chi connectivity index (χ4v) is 2.19. The second-order valence-electron chi connectivity index (χ2n) is 4.73. The second kappa shape index (κ2) is 5.36. The zero-order valence-electron chi connectivity index (χ0n) is 10.4. The number of carboxylic acid groups (broad SMARTS) is 1. The molecule has 6 heteroatoms. The van der Waals surface area contributed by atoms with E-state index in [1.54, 1.807) is 0 Å². The number of halogens is 1. The van der Waals surface area contributed by atoms with Gasteiger partial charge in [-0.1, -0.05) is 6.92 Å². The van der Waals surface area contributed by atoms with Crippen LogP contribution in [0.3, 0.4) is 0 Å². The third-order valence-corrected chi connectivity index (χ3v) is 3.32. The fourth-order valence-electron chi connectivity index (χ4n) is 2.19. The minimum absolute atomic E-state index is 0.123. The van der Waals surface area contributed by atoms with Crippen LogP contribution in [-0.4, -0.2) is 30.1 Å². The number of carbonyl (C=O) groups excluding carboxylic acids is 1. The summed E-state index contributed by atoms with van der Waals surface area (Å²) in [4.78, 5) is 23.1. The van der Waals surface area contributed by atoms with Crippen molar-refractivity contribution in [1.29, 1.82) is 0 Å². The van der Waals surface area contributed by atoms with E-state index in [4.69, 9.17) is 5.11 Å². The third-order valence-electron chi connectivity index (χ3n) is 3.32. The lowest BCUT2D eigenvalue weighted by Gasteiger charge is -2.15. The van der Waals surface area contributed by atoms with Gasteiger partial charge in [-0.05, 0) is 30.7 Å². The Balaban J connectivity index is 2.19. The summed E-state index contributed by atoms with van der Waals surface area (Å²) in [6, 6.07) is 3.29. The van der Waals surface area contributed by atoms with Crippen LogP contribution in [0.1, 0.15) is 17.3 Å². The van der Waals surface area contributed by atoms with Crippen LogP contribution in [0.5, 0.6) is 0 Å². The molecule has 1 aromatic rings. The standard InChI is InChI=1S/C13H15FN2O3/c1-7-5-15-6-10(7)12(17)16-11-3-2-8(14)4-9(11)13(18)19/h2-4,7,10,15H,5-6H2,1H3,(H,16,17)(H,18,19). The van der Waals surface area contributed by atoms with Gasteiger partial charge in [-0.25, -0.2) is 9.18 Å². The van der Waals surface area contributed by atoms with E-state index in [9.17, 15) is 14.0 Å². The molecule has 0 aliphatic carbocycles. The number of carboxylic acids is 1. The first-order chi connectivity index (χ1) is 8.99. The summed E-state index contributed by atoms with van der Waals surface area (Å²) in [6.45, 7) is 3.27. The Morgan fingerprint density at radius 3 is 2.74 bits per heavy atom. The average molecular weight is 266 g/mol. The maximum Gasteiger partial charge on any atom is 0.337 e. The third kappa shape index (κ3) is 2.90. The van der Waals surface area contributed by atoms with Gasteiger partial charge in [-0.15, -0.1) is 0 Å². The van der Waals surface area contributed by atoms with Gasteiger partial charge in [-0.2, -0.15) is 0 Å². The highest BCUT2D eigenvalue weighted by atomic mass is 19.1. The van der Waals surface area contributed by atoms with Crippen LogP contribution in [0.4, 0.5) is 10.1 Å². The van der Waals surface area contributed by atoms with Gasteiger partial charge in [0.05, 0.1) is 17.2 Å². The van der Waals surface area contributed by atoms with Crippen LogP contribution in [0.2, 0.25) is 0 Å². The summed E-state index contributed by atoms with van der Waals surface area (Å²) in [5.74, 6) is -2.18. The van der Waals surface area contributed by atoms with Crippen molar-refractivity contribution >= 4 is 17.6 Å². The maximum absolute atomic E-state index is 13.0. The van der Waals surface area contributed by atoms with Gasteiger partial charge in [0, 0.05) is 6.54 Å². The van der Waals surface area contributed by atoms with Crippen LogP contribution >= 0.6 is 0 Å². The number of benzene rings is 1. The molecule has 1 saturated heterocycles. The number of carbonyl (C=O) groups is 2. The Hall–Kier alpha value is -1.95. The summed E-state index contributed by atoms with van der Waals surface area (Å²) in [5, 5.41) is 14.7. The van der Waals surface area contributed by atoms with Gasteiger partial charge >= 0.3 is 5.97 Å². The molecule has 0 aromatic heterocycles. The zero-order chi connectivity index (χ0) is 14.0. The molecule has 1 fully saturated rings. The summed E-state index contributed by atoms with van der Waals surface area (Å²) in [6.07, 6.45) is 0. The molecule has 19 heavy (non-hydrogen) atoms. The van der Waals surface area contributed by atoms with Crippen molar-refractivity contribution in [2.75, 3.05) is 18.4 Å². The van der Waals surface area contributed by atoms with Crippen molar-refractivity contribution in [3.63, 3.8) is 0 Å². The molecule has 2 rings (SSSR count). The van der Waals surface area contributed by atoms with Crippen LogP contribution in [0.15, 0.2) is 18.2 Å². The summed E-state index contributed by atoms with van der Waals surface area (Å²) in [5.41, 5.74) is -0.120. The molecule has 0 spiro atoms. The van der Waals surface area contributed by atoms with Crippen molar-refractivity contribution in [2.45, 2.75) is 6.92 Å². The number of aromatic carboxylic acids is 1. The van der Waals surface area contributed by atoms with E-state index >= 15 is 0 Å². The van der Waals surface area contributed by atoms with E-state index in [2.05, 4.69) is 10.6 Å². The summed E-state index contributed by atoms with van der Waals surface area (Å²) >= 11 is 0. The Labute approximate surface area is 109 Å². The SMILES string of the molecule is CC1CNCC1C(=O)Nc1ccc(F)cc1C(=O)O. The highest BCUT2D eigenvalue weighted by Crippen LogP contribution is 2.21. The van der Waals surface area contributed by atoms with Crippen LogP contribution < -0.4 is 10.6 Å². The largest absolute Gasteiger partial charge is 0.478 e. The molecule has 1 aromatic carbocycles. The molecule has 2 atom stereocenters. The zero-order valence-corrected chi connectivity index (χ0v) is 10.4. The number of hydrogen-bond acceptors (Lipinski definition) is 3. The lowest BCUT2D eigenvalue weighted by molar-refractivity contribution is -0.120. The van der Waals surface area contributed by atoms with Crippen molar-refractivity contribution in [1.82, 2.24) is 5.32 Å². The van der Waals surface area contributed by atoms with Crippen LogP contribution in [0.25, 0.3) is 0 Å². The molecule has 0 radical (unpaired) electrons. The molecule has 2 unspecified atom stereocenters. The normalized spacial score (nSPS) is 22.2. The quantitative estimate of drug-likeness (QED) is 0.771. The monoisotopic (exact) mass is 266 g/mol. The van der Waals surface area contributed by atoms with E-state index < -0.39 is 11.8 Å². The highest BCUT2D eigenvalue weighted by molar-refractivity contribution is 6.01. The first kappa shape index (κ1) is 13.5. The predicted molar refractivity (Wildman–Crippen MR) is 67.5 cm³/mol. The Morgan fingerprint density at radius 2 is 2.16 bits per heavy atom. The number of hydrogen-bond donors (Lipinski definition) is 3. The number of rotatable bonds is 3. The van der Waals surface area contributed by atoms with Crippen molar-refractivity contribution in [3.05, 3.63) is 29.6 Å². The van der Waals surface area contributed by atoms with E-state index in [-0.39, 0.29) is 29.0 Å². The average Bonchev–Trinajstić information content (AvgIpc) is 2.77. The lowest BCUT2D eigenvalue weighted by Crippen LogP contribution is -2.28. The van der Waals surface area contributed by atoms with Gasteiger partial charge in [0.1, 0.15) is 5.82 Å². The van der Waals surface area contributed by atoms with E-state index in [0.717, 1.165) is 18.7 Å². The number of nitrogens with one attached hydrogen (secondary N) is 2. The van der Waals surface area contributed by atoms with Crippen LogP contribution in [0, 0.1) is 17.7 Å². The number of amides is 1. The molecular formula is C13H15FN2O3.